The third-order valence-electron chi connectivity index (χ3n) is 7.19. The number of piperidine rings is 1. The van der Waals surface area contributed by atoms with Crippen LogP contribution in [-0.2, 0) is 0 Å². The molecule has 1 saturated heterocycles. The molecule has 0 spiro atoms. The summed E-state index contributed by atoms with van der Waals surface area (Å²) in [5.41, 5.74) is 1.15. The molecule has 2 aliphatic heterocycles. The fourth-order valence-electron chi connectivity index (χ4n) is 5.49. The van der Waals surface area contributed by atoms with Gasteiger partial charge in [0.05, 0.1) is 11.1 Å². The Morgan fingerprint density at radius 3 is 2.07 bits per heavy atom. The molecule has 2 heterocycles. The van der Waals surface area contributed by atoms with E-state index in [0.717, 1.165) is 43.7 Å². The molecule has 4 nitrogen and oxygen atoms in total. The topological polar surface area (TPSA) is 40.6 Å². The molecule has 1 aromatic rings. The fourth-order valence-corrected chi connectivity index (χ4v) is 5.49. The summed E-state index contributed by atoms with van der Waals surface area (Å²) >= 11 is 0. The van der Waals surface area contributed by atoms with Crippen molar-refractivity contribution in [1.82, 2.24) is 9.80 Å². The predicted molar refractivity (Wildman–Crippen MR) is 115 cm³/mol. The molecule has 27 heavy (non-hydrogen) atoms. The average molecular weight is 480 g/mol. The largest absolute Gasteiger partial charge is 0.303 e. The second-order valence-corrected chi connectivity index (χ2v) is 8.95. The molecule has 0 N–H and O–H groups in total. The number of likely N-dealkylation sites (tertiary alicyclic amines) is 1. The fraction of sp³-hybridized carbons (Fsp3) is 0.636. The van der Waals surface area contributed by atoms with Gasteiger partial charge >= 0.3 is 0 Å². The van der Waals surface area contributed by atoms with Crippen molar-refractivity contribution in [2.75, 3.05) is 26.2 Å². The van der Waals surface area contributed by atoms with E-state index >= 15 is 0 Å². The maximum Gasteiger partial charge on any atom is 0.261 e. The van der Waals surface area contributed by atoms with E-state index in [1.807, 2.05) is 12.1 Å². The molecule has 2 aliphatic carbocycles. The van der Waals surface area contributed by atoms with Crippen molar-refractivity contribution in [3.05, 3.63) is 35.4 Å². The van der Waals surface area contributed by atoms with E-state index in [9.17, 15) is 9.59 Å². The normalized spacial score (nSPS) is 30.7. The molecule has 3 unspecified atom stereocenters. The zero-order chi connectivity index (χ0) is 17.7. The molecule has 146 valence electrons. The van der Waals surface area contributed by atoms with Crippen molar-refractivity contribution in [1.29, 1.82) is 0 Å². The lowest BCUT2D eigenvalue weighted by atomic mass is 9.88. The Morgan fingerprint density at radius 2 is 1.44 bits per heavy atom. The predicted octanol–water partition coefficient (Wildman–Crippen LogP) is 4.05. The first-order valence-corrected chi connectivity index (χ1v) is 10.4. The van der Waals surface area contributed by atoms with E-state index in [2.05, 4.69) is 4.90 Å². The van der Waals surface area contributed by atoms with Gasteiger partial charge in [-0.2, -0.15) is 0 Å². The van der Waals surface area contributed by atoms with Crippen molar-refractivity contribution in [3.63, 3.8) is 0 Å². The van der Waals surface area contributed by atoms with Gasteiger partial charge in [0.25, 0.3) is 11.8 Å². The summed E-state index contributed by atoms with van der Waals surface area (Å²) in [4.78, 5) is 29.2. The summed E-state index contributed by atoms with van der Waals surface area (Å²) < 4.78 is 0. The van der Waals surface area contributed by atoms with Gasteiger partial charge in [0.2, 0.25) is 0 Å². The monoisotopic (exact) mass is 480 g/mol. The van der Waals surface area contributed by atoms with E-state index in [1.165, 1.54) is 37.1 Å². The molecule has 0 aromatic heterocycles. The second kappa shape index (κ2) is 7.82. The first-order valence-electron chi connectivity index (χ1n) is 10.4. The number of hydrogen-bond donors (Lipinski definition) is 0. The Balaban J connectivity index is 0.00000180. The van der Waals surface area contributed by atoms with E-state index in [1.54, 1.807) is 12.1 Å². The Bertz CT molecular complexity index is 694. The number of carbonyl (C=O) groups is 2. The van der Waals surface area contributed by atoms with Gasteiger partial charge in [0, 0.05) is 13.1 Å². The second-order valence-electron chi connectivity index (χ2n) is 8.95. The molecule has 0 radical (unpaired) electrons. The van der Waals surface area contributed by atoms with Crippen LogP contribution in [-0.4, -0.2) is 47.8 Å². The summed E-state index contributed by atoms with van der Waals surface area (Å²) in [6.45, 7) is 4.10. The van der Waals surface area contributed by atoms with Crippen molar-refractivity contribution in [3.8, 4) is 0 Å². The highest BCUT2D eigenvalue weighted by Crippen LogP contribution is 2.51. The van der Waals surface area contributed by atoms with Crippen LogP contribution in [0, 0.1) is 23.7 Å². The Labute approximate surface area is 178 Å². The minimum Gasteiger partial charge on any atom is -0.303 e. The third kappa shape index (κ3) is 3.82. The van der Waals surface area contributed by atoms with Crippen LogP contribution < -0.4 is 0 Å². The SMILES string of the molecule is I.O=C1c2ccccc2C(=O)N1CC1CCN(CC2CCC3CC3C2)CC1. The summed E-state index contributed by atoms with van der Waals surface area (Å²) in [6, 6.07) is 7.21. The summed E-state index contributed by atoms with van der Waals surface area (Å²) in [6.07, 6.45) is 8.05. The first kappa shape index (κ1) is 19.4. The molecular formula is C22H29IN2O2. The standard InChI is InChI=1S/C22H28N2O2.HI/c25-21-19-3-1-2-4-20(19)22(26)24(21)14-15-7-9-23(10-8-15)13-16-5-6-17-12-18(17)11-16;/h1-4,15-18H,5-14H2;1H. The number of halogens is 1. The number of fused-ring (bicyclic) bond motifs is 2. The van der Waals surface area contributed by atoms with Gasteiger partial charge in [-0.1, -0.05) is 12.1 Å². The lowest BCUT2D eigenvalue weighted by Gasteiger charge is -2.36. The molecule has 1 aromatic carbocycles. The Morgan fingerprint density at radius 1 is 0.778 bits per heavy atom. The van der Waals surface area contributed by atoms with E-state index < -0.39 is 0 Å². The maximum atomic E-state index is 12.5. The third-order valence-corrected chi connectivity index (χ3v) is 7.19. The van der Waals surface area contributed by atoms with Crippen LogP contribution in [0.25, 0.3) is 0 Å². The number of benzene rings is 1. The van der Waals surface area contributed by atoms with Gasteiger partial charge in [-0.05, 0) is 87.4 Å². The molecule has 5 heteroatoms. The molecule has 3 atom stereocenters. The lowest BCUT2D eigenvalue weighted by molar-refractivity contribution is 0.0590. The van der Waals surface area contributed by atoms with Crippen molar-refractivity contribution in [2.24, 2.45) is 23.7 Å². The van der Waals surface area contributed by atoms with Gasteiger partial charge in [0.1, 0.15) is 0 Å². The molecule has 0 bridgehead atoms. The Kier molecular flexibility index (Phi) is 5.61. The van der Waals surface area contributed by atoms with Crippen LogP contribution in [0.1, 0.15) is 59.2 Å². The number of carbonyl (C=O) groups excluding carboxylic acids is 2. The molecule has 2 saturated carbocycles. The van der Waals surface area contributed by atoms with E-state index in [0.29, 0.717) is 23.6 Å². The van der Waals surface area contributed by atoms with Crippen LogP contribution >= 0.6 is 24.0 Å². The minimum absolute atomic E-state index is 0. The van der Waals surface area contributed by atoms with Gasteiger partial charge in [-0.15, -0.1) is 24.0 Å². The van der Waals surface area contributed by atoms with Gasteiger partial charge in [0.15, 0.2) is 0 Å². The summed E-state index contributed by atoms with van der Waals surface area (Å²) in [5.74, 6) is 3.29. The number of imide groups is 1. The van der Waals surface area contributed by atoms with Gasteiger partial charge in [-0.25, -0.2) is 0 Å². The Hall–Kier alpha value is -0.950. The lowest BCUT2D eigenvalue weighted by Crippen LogP contribution is -2.42. The van der Waals surface area contributed by atoms with Crippen LogP contribution in [0.4, 0.5) is 0 Å². The van der Waals surface area contributed by atoms with Gasteiger partial charge < -0.3 is 4.90 Å². The molecular weight excluding hydrogens is 451 g/mol. The van der Waals surface area contributed by atoms with Crippen molar-refractivity contribution in [2.45, 2.75) is 38.5 Å². The van der Waals surface area contributed by atoms with Crippen LogP contribution in [0.5, 0.6) is 0 Å². The first-order chi connectivity index (χ1) is 12.7. The van der Waals surface area contributed by atoms with E-state index in [-0.39, 0.29) is 35.8 Å². The number of nitrogens with zero attached hydrogens (tertiary/aromatic N) is 2. The summed E-state index contributed by atoms with van der Waals surface area (Å²) in [7, 11) is 0. The van der Waals surface area contributed by atoms with E-state index in [4.69, 9.17) is 0 Å². The van der Waals surface area contributed by atoms with Gasteiger partial charge in [-0.3, -0.25) is 14.5 Å². The number of rotatable bonds is 4. The quantitative estimate of drug-likeness (QED) is 0.483. The average Bonchev–Trinajstić information content (AvgIpc) is 3.40. The molecule has 4 aliphatic rings. The molecule has 2 amide bonds. The number of amides is 2. The maximum absolute atomic E-state index is 12.5. The summed E-state index contributed by atoms with van der Waals surface area (Å²) in [5, 5.41) is 0. The van der Waals surface area contributed by atoms with Crippen molar-refractivity contribution >= 4 is 35.8 Å². The van der Waals surface area contributed by atoms with Crippen LogP contribution in [0.15, 0.2) is 24.3 Å². The zero-order valence-corrected chi connectivity index (χ0v) is 18.1. The highest BCUT2D eigenvalue weighted by molar-refractivity contribution is 14.0. The number of hydrogen-bond acceptors (Lipinski definition) is 3. The van der Waals surface area contributed by atoms with Crippen molar-refractivity contribution < 1.29 is 9.59 Å². The van der Waals surface area contributed by atoms with Crippen LogP contribution in [0.3, 0.4) is 0 Å². The minimum atomic E-state index is -0.103. The zero-order valence-electron chi connectivity index (χ0n) is 15.8. The molecule has 5 rings (SSSR count). The smallest absolute Gasteiger partial charge is 0.261 e. The highest BCUT2D eigenvalue weighted by Gasteiger charge is 2.42. The highest BCUT2D eigenvalue weighted by atomic mass is 127. The molecule has 3 fully saturated rings. The van der Waals surface area contributed by atoms with Crippen LogP contribution in [0.2, 0.25) is 0 Å².